The van der Waals surface area contributed by atoms with Crippen LogP contribution in [-0.4, -0.2) is 27.9 Å². The van der Waals surface area contributed by atoms with Crippen molar-refractivity contribution in [2.45, 2.75) is 32.4 Å². The molecule has 1 aromatic rings. The van der Waals surface area contributed by atoms with Gasteiger partial charge in [-0.1, -0.05) is 0 Å². The zero-order valence-electron chi connectivity index (χ0n) is 7.86. The monoisotopic (exact) mass is 168 g/mol. The Labute approximate surface area is 73.0 Å². The number of hydrogen-bond donors (Lipinski definition) is 1. The van der Waals surface area contributed by atoms with Crippen LogP contribution in [0.2, 0.25) is 0 Å². The van der Waals surface area contributed by atoms with Gasteiger partial charge in [0, 0.05) is 6.04 Å². The molecule has 4 nitrogen and oxygen atoms in total. The third kappa shape index (κ3) is 2.30. The zero-order valence-corrected chi connectivity index (χ0v) is 7.86. The maximum absolute atomic E-state index is 4.08. The lowest BCUT2D eigenvalue weighted by atomic mass is 10.1. The molecule has 0 saturated heterocycles. The highest BCUT2D eigenvalue weighted by Crippen LogP contribution is 2.09. The summed E-state index contributed by atoms with van der Waals surface area (Å²) in [6.07, 6.45) is 4.40. The van der Waals surface area contributed by atoms with E-state index in [2.05, 4.69) is 29.2 Å². The molecule has 1 rings (SSSR count). The third-order valence-corrected chi connectivity index (χ3v) is 2.08. The van der Waals surface area contributed by atoms with Crippen LogP contribution in [0.1, 0.15) is 26.3 Å². The van der Waals surface area contributed by atoms with Crippen LogP contribution in [-0.2, 0) is 0 Å². The van der Waals surface area contributed by atoms with Gasteiger partial charge in [-0.2, -0.15) is 5.10 Å². The molecule has 0 fully saturated rings. The van der Waals surface area contributed by atoms with Crippen molar-refractivity contribution < 1.29 is 0 Å². The average Bonchev–Trinajstić information content (AvgIpc) is 2.56. The Bertz CT molecular complexity index is 207. The number of rotatable bonds is 4. The van der Waals surface area contributed by atoms with Gasteiger partial charge in [-0.25, -0.2) is 4.98 Å². The quantitative estimate of drug-likeness (QED) is 0.724. The van der Waals surface area contributed by atoms with Crippen LogP contribution in [0.5, 0.6) is 0 Å². The van der Waals surface area contributed by atoms with Gasteiger partial charge in [0.2, 0.25) is 0 Å². The standard InChI is InChI=1S/C8H16N4/c1-7(9-3)4-8(2)12-6-10-5-11-12/h5-9H,4H2,1-3H3. The van der Waals surface area contributed by atoms with Gasteiger partial charge in [-0.15, -0.1) is 0 Å². The van der Waals surface area contributed by atoms with E-state index < -0.39 is 0 Å². The fourth-order valence-electron chi connectivity index (χ4n) is 1.18. The highest BCUT2D eigenvalue weighted by atomic mass is 15.3. The first-order valence-electron chi connectivity index (χ1n) is 4.25. The second-order valence-corrected chi connectivity index (χ2v) is 3.15. The smallest absolute Gasteiger partial charge is 0.137 e. The van der Waals surface area contributed by atoms with E-state index in [4.69, 9.17) is 0 Å². The predicted octanol–water partition coefficient (Wildman–Crippen LogP) is 0.837. The second-order valence-electron chi connectivity index (χ2n) is 3.15. The highest BCUT2D eigenvalue weighted by Gasteiger charge is 2.08. The Balaban J connectivity index is 2.44. The highest BCUT2D eigenvalue weighted by molar-refractivity contribution is 4.69. The van der Waals surface area contributed by atoms with Crippen molar-refractivity contribution in [1.82, 2.24) is 20.1 Å². The minimum atomic E-state index is 0.412. The summed E-state index contributed by atoms with van der Waals surface area (Å²) in [6.45, 7) is 4.30. The molecule has 1 N–H and O–H groups in total. The molecular weight excluding hydrogens is 152 g/mol. The van der Waals surface area contributed by atoms with Crippen molar-refractivity contribution in [3.8, 4) is 0 Å². The number of nitrogens with one attached hydrogen (secondary N) is 1. The SMILES string of the molecule is CNC(C)CC(C)n1cncn1. The fourth-order valence-corrected chi connectivity index (χ4v) is 1.18. The lowest BCUT2D eigenvalue weighted by molar-refractivity contribution is 0.402. The van der Waals surface area contributed by atoms with Crippen molar-refractivity contribution in [1.29, 1.82) is 0 Å². The molecule has 2 unspecified atom stereocenters. The molecule has 1 heterocycles. The molecule has 0 bridgehead atoms. The van der Waals surface area contributed by atoms with Crippen LogP contribution >= 0.6 is 0 Å². The van der Waals surface area contributed by atoms with Crippen molar-refractivity contribution >= 4 is 0 Å². The number of nitrogens with zero attached hydrogens (tertiary/aromatic N) is 3. The second kappa shape index (κ2) is 4.21. The van der Waals surface area contributed by atoms with E-state index >= 15 is 0 Å². The van der Waals surface area contributed by atoms with E-state index in [-0.39, 0.29) is 0 Å². The Morgan fingerprint density at radius 1 is 1.50 bits per heavy atom. The average molecular weight is 168 g/mol. The van der Waals surface area contributed by atoms with Gasteiger partial charge in [0.1, 0.15) is 12.7 Å². The molecule has 4 heteroatoms. The van der Waals surface area contributed by atoms with E-state index in [1.807, 2.05) is 11.7 Å². The maximum Gasteiger partial charge on any atom is 0.137 e. The summed E-state index contributed by atoms with van der Waals surface area (Å²) >= 11 is 0. The molecule has 0 spiro atoms. The zero-order chi connectivity index (χ0) is 8.97. The lowest BCUT2D eigenvalue weighted by Gasteiger charge is -2.16. The van der Waals surface area contributed by atoms with E-state index in [9.17, 15) is 0 Å². The van der Waals surface area contributed by atoms with E-state index in [1.54, 1.807) is 12.7 Å². The summed E-state index contributed by atoms with van der Waals surface area (Å²) in [4.78, 5) is 3.91. The molecule has 2 atom stereocenters. The molecule has 0 aliphatic carbocycles. The molecule has 68 valence electrons. The molecule has 0 saturated carbocycles. The molecule has 0 amide bonds. The minimum absolute atomic E-state index is 0.412. The summed E-state index contributed by atoms with van der Waals surface area (Å²) < 4.78 is 1.88. The molecule has 12 heavy (non-hydrogen) atoms. The summed E-state index contributed by atoms with van der Waals surface area (Å²) in [6, 6.07) is 0.930. The first-order chi connectivity index (χ1) is 5.74. The van der Waals surface area contributed by atoms with Gasteiger partial charge >= 0.3 is 0 Å². The Kier molecular flexibility index (Phi) is 3.22. The third-order valence-electron chi connectivity index (χ3n) is 2.08. The fraction of sp³-hybridized carbons (Fsp3) is 0.750. The Morgan fingerprint density at radius 3 is 2.75 bits per heavy atom. The molecule has 0 aliphatic heterocycles. The molecular formula is C8H16N4. The van der Waals surface area contributed by atoms with E-state index in [0.29, 0.717) is 12.1 Å². The Hall–Kier alpha value is -0.900. The van der Waals surface area contributed by atoms with Gasteiger partial charge in [0.15, 0.2) is 0 Å². The summed E-state index contributed by atoms with van der Waals surface area (Å²) in [5.74, 6) is 0. The minimum Gasteiger partial charge on any atom is -0.317 e. The lowest BCUT2D eigenvalue weighted by Crippen LogP contribution is -2.24. The van der Waals surface area contributed by atoms with Crippen molar-refractivity contribution in [3.63, 3.8) is 0 Å². The molecule has 1 aromatic heterocycles. The summed E-state index contributed by atoms with van der Waals surface area (Å²) in [5, 5.41) is 7.28. The first-order valence-corrected chi connectivity index (χ1v) is 4.25. The van der Waals surface area contributed by atoms with Crippen LogP contribution in [0.4, 0.5) is 0 Å². The number of aromatic nitrogens is 3. The summed E-state index contributed by atoms with van der Waals surface area (Å²) in [5.41, 5.74) is 0. The van der Waals surface area contributed by atoms with Gasteiger partial charge < -0.3 is 5.32 Å². The predicted molar refractivity (Wildman–Crippen MR) is 47.9 cm³/mol. The van der Waals surface area contributed by atoms with E-state index in [0.717, 1.165) is 6.42 Å². The summed E-state index contributed by atoms with van der Waals surface area (Å²) in [7, 11) is 1.97. The molecule has 0 radical (unpaired) electrons. The van der Waals surface area contributed by atoms with Crippen LogP contribution in [0.25, 0.3) is 0 Å². The topological polar surface area (TPSA) is 42.7 Å². The van der Waals surface area contributed by atoms with Crippen molar-refractivity contribution in [3.05, 3.63) is 12.7 Å². The van der Waals surface area contributed by atoms with E-state index in [1.165, 1.54) is 0 Å². The Morgan fingerprint density at radius 2 is 2.25 bits per heavy atom. The normalized spacial score (nSPS) is 15.9. The first kappa shape index (κ1) is 9.19. The van der Waals surface area contributed by atoms with Crippen LogP contribution in [0.3, 0.4) is 0 Å². The molecule has 0 aliphatic rings. The van der Waals surface area contributed by atoms with Crippen LogP contribution in [0, 0.1) is 0 Å². The maximum atomic E-state index is 4.08. The van der Waals surface area contributed by atoms with Crippen LogP contribution in [0.15, 0.2) is 12.7 Å². The van der Waals surface area contributed by atoms with Crippen LogP contribution < -0.4 is 5.32 Å². The van der Waals surface area contributed by atoms with Gasteiger partial charge in [0.05, 0.1) is 6.04 Å². The van der Waals surface area contributed by atoms with Crippen molar-refractivity contribution in [2.24, 2.45) is 0 Å². The van der Waals surface area contributed by atoms with Crippen molar-refractivity contribution in [2.75, 3.05) is 7.05 Å². The van der Waals surface area contributed by atoms with Gasteiger partial charge in [-0.3, -0.25) is 4.68 Å². The van der Waals surface area contributed by atoms with Gasteiger partial charge in [0.25, 0.3) is 0 Å². The largest absolute Gasteiger partial charge is 0.317 e. The molecule has 0 aromatic carbocycles. The van der Waals surface area contributed by atoms with Gasteiger partial charge in [-0.05, 0) is 27.3 Å². The number of hydrogen-bond acceptors (Lipinski definition) is 3.